The van der Waals surface area contributed by atoms with Crippen LogP contribution in [-0.4, -0.2) is 11.1 Å². The van der Waals surface area contributed by atoms with Gasteiger partial charge in [0.15, 0.2) is 11.6 Å². The van der Waals surface area contributed by atoms with Gasteiger partial charge in [0, 0.05) is 0 Å². The molecule has 0 bridgehead atoms. The third kappa shape index (κ3) is 2.38. The first-order valence-corrected chi connectivity index (χ1v) is 5.24. The largest absolute Gasteiger partial charge is 0.481 e. The third-order valence-corrected chi connectivity index (χ3v) is 3.03. The number of carbonyl (C=O) groups is 1. The highest BCUT2D eigenvalue weighted by atomic mass is 19.2. The number of aliphatic carboxylic acids is 1. The maximum absolute atomic E-state index is 12.9. The second kappa shape index (κ2) is 4.20. The van der Waals surface area contributed by atoms with E-state index < -0.39 is 17.6 Å². The van der Waals surface area contributed by atoms with Crippen LogP contribution in [0.15, 0.2) is 18.2 Å². The summed E-state index contributed by atoms with van der Waals surface area (Å²) in [6.07, 6.45) is 2.03. The molecule has 0 spiro atoms. The first-order chi connectivity index (χ1) is 7.58. The monoisotopic (exact) mass is 226 g/mol. The van der Waals surface area contributed by atoms with Crippen LogP contribution in [0.2, 0.25) is 0 Å². The highest BCUT2D eigenvalue weighted by Gasteiger charge is 2.42. The van der Waals surface area contributed by atoms with Gasteiger partial charge in [-0.2, -0.15) is 0 Å². The highest BCUT2D eigenvalue weighted by molar-refractivity contribution is 5.73. The van der Waals surface area contributed by atoms with Crippen molar-refractivity contribution < 1.29 is 18.7 Å². The Hall–Kier alpha value is -1.45. The third-order valence-electron chi connectivity index (χ3n) is 3.03. The average molecular weight is 226 g/mol. The summed E-state index contributed by atoms with van der Waals surface area (Å²) in [5, 5.41) is 8.69. The zero-order valence-corrected chi connectivity index (χ0v) is 8.62. The molecule has 2 nitrogen and oxygen atoms in total. The molecule has 0 aliphatic heterocycles. The summed E-state index contributed by atoms with van der Waals surface area (Å²) in [5.41, 5.74) is 0.718. The summed E-state index contributed by atoms with van der Waals surface area (Å²) in [7, 11) is 0. The Balaban J connectivity index is 1.87. The van der Waals surface area contributed by atoms with Crippen molar-refractivity contribution in [2.45, 2.75) is 19.3 Å². The number of carboxylic acid groups (broad SMARTS) is 1. The Kier molecular flexibility index (Phi) is 2.90. The van der Waals surface area contributed by atoms with Crippen LogP contribution in [0, 0.1) is 23.5 Å². The molecule has 0 heterocycles. The lowest BCUT2D eigenvalue weighted by Crippen LogP contribution is -2.00. The number of halogens is 2. The summed E-state index contributed by atoms with van der Waals surface area (Å²) in [6, 6.07) is 3.82. The summed E-state index contributed by atoms with van der Waals surface area (Å²) < 4.78 is 25.5. The van der Waals surface area contributed by atoms with Crippen LogP contribution in [0.3, 0.4) is 0 Å². The quantitative estimate of drug-likeness (QED) is 0.856. The van der Waals surface area contributed by atoms with E-state index in [2.05, 4.69) is 0 Å². The van der Waals surface area contributed by atoms with Crippen LogP contribution < -0.4 is 0 Å². The molecule has 16 heavy (non-hydrogen) atoms. The lowest BCUT2D eigenvalue weighted by Gasteiger charge is -2.01. The van der Waals surface area contributed by atoms with E-state index in [0.717, 1.165) is 18.1 Å². The number of hydrogen-bond acceptors (Lipinski definition) is 1. The molecule has 2 rings (SSSR count). The van der Waals surface area contributed by atoms with Crippen molar-refractivity contribution in [3.05, 3.63) is 35.4 Å². The van der Waals surface area contributed by atoms with Crippen LogP contribution in [0.4, 0.5) is 8.78 Å². The topological polar surface area (TPSA) is 37.3 Å². The molecular weight excluding hydrogens is 214 g/mol. The second-order valence-corrected chi connectivity index (χ2v) is 4.23. The summed E-state index contributed by atoms with van der Waals surface area (Å²) in [4.78, 5) is 10.6. The van der Waals surface area contributed by atoms with Gasteiger partial charge in [0.1, 0.15) is 0 Å². The molecule has 1 aliphatic carbocycles. The number of rotatable bonds is 4. The van der Waals surface area contributed by atoms with Gasteiger partial charge in [-0.25, -0.2) is 8.78 Å². The molecule has 2 unspecified atom stereocenters. The lowest BCUT2D eigenvalue weighted by atomic mass is 10.1. The van der Waals surface area contributed by atoms with Gasteiger partial charge < -0.3 is 5.11 Å². The van der Waals surface area contributed by atoms with Crippen molar-refractivity contribution >= 4 is 5.97 Å². The van der Waals surface area contributed by atoms with Crippen LogP contribution in [-0.2, 0) is 11.2 Å². The predicted molar refractivity (Wildman–Crippen MR) is 53.9 cm³/mol. The Morgan fingerprint density at radius 2 is 2.12 bits per heavy atom. The summed E-state index contributed by atoms with van der Waals surface area (Å²) >= 11 is 0. The van der Waals surface area contributed by atoms with E-state index in [4.69, 9.17) is 5.11 Å². The molecule has 1 aliphatic rings. The van der Waals surface area contributed by atoms with Gasteiger partial charge in [-0.15, -0.1) is 0 Å². The molecule has 0 radical (unpaired) electrons. The van der Waals surface area contributed by atoms with Crippen molar-refractivity contribution in [1.29, 1.82) is 0 Å². The van der Waals surface area contributed by atoms with Gasteiger partial charge >= 0.3 is 5.97 Å². The molecule has 2 atom stereocenters. The van der Waals surface area contributed by atoms with E-state index in [9.17, 15) is 13.6 Å². The van der Waals surface area contributed by atoms with E-state index >= 15 is 0 Å². The molecule has 86 valence electrons. The molecule has 0 aromatic heterocycles. The van der Waals surface area contributed by atoms with Crippen molar-refractivity contribution in [3.8, 4) is 0 Å². The average Bonchev–Trinajstić information content (AvgIpc) is 2.99. The molecule has 0 saturated heterocycles. The fourth-order valence-electron chi connectivity index (χ4n) is 1.92. The van der Waals surface area contributed by atoms with Gasteiger partial charge in [0.2, 0.25) is 0 Å². The van der Waals surface area contributed by atoms with Gasteiger partial charge in [-0.3, -0.25) is 4.79 Å². The molecule has 1 saturated carbocycles. The minimum atomic E-state index is -0.849. The van der Waals surface area contributed by atoms with E-state index in [1.54, 1.807) is 0 Å². The second-order valence-electron chi connectivity index (χ2n) is 4.23. The molecule has 1 N–H and O–H groups in total. The maximum atomic E-state index is 12.9. The normalized spacial score (nSPS) is 23.1. The van der Waals surface area contributed by atoms with Gasteiger partial charge in [-0.05, 0) is 42.9 Å². The fourth-order valence-corrected chi connectivity index (χ4v) is 1.92. The van der Waals surface area contributed by atoms with Crippen molar-refractivity contribution in [3.63, 3.8) is 0 Å². The Morgan fingerprint density at radius 1 is 1.38 bits per heavy atom. The van der Waals surface area contributed by atoms with Crippen molar-refractivity contribution in [2.24, 2.45) is 11.8 Å². The smallest absolute Gasteiger partial charge is 0.306 e. The summed E-state index contributed by atoms with van der Waals surface area (Å²) in [6.45, 7) is 0. The number of carboxylic acids is 1. The highest BCUT2D eigenvalue weighted by Crippen LogP contribution is 2.42. The number of hydrogen-bond donors (Lipinski definition) is 1. The van der Waals surface area contributed by atoms with Gasteiger partial charge in [0.05, 0.1) is 5.92 Å². The minimum Gasteiger partial charge on any atom is -0.481 e. The Morgan fingerprint density at radius 3 is 2.69 bits per heavy atom. The molecule has 1 aromatic carbocycles. The molecule has 1 fully saturated rings. The van der Waals surface area contributed by atoms with E-state index in [0.29, 0.717) is 12.8 Å². The number of aryl methyl sites for hydroxylation is 1. The predicted octanol–water partition coefficient (Wildman–Crippen LogP) is 2.62. The molecular formula is C12H12F2O2. The standard InChI is InChI=1S/C12H12F2O2/c13-10-4-2-7(5-11(10)14)1-3-8-6-9(8)12(15)16/h2,4-5,8-9H,1,3,6H2,(H,15,16). The molecule has 4 heteroatoms. The van der Waals surface area contributed by atoms with E-state index in [1.807, 2.05) is 0 Å². The fraction of sp³-hybridized carbons (Fsp3) is 0.417. The van der Waals surface area contributed by atoms with Crippen molar-refractivity contribution in [2.75, 3.05) is 0 Å². The minimum absolute atomic E-state index is 0.200. The number of benzene rings is 1. The molecule has 0 amide bonds. The lowest BCUT2D eigenvalue weighted by molar-refractivity contribution is -0.138. The molecule has 1 aromatic rings. The van der Waals surface area contributed by atoms with Gasteiger partial charge in [-0.1, -0.05) is 6.07 Å². The van der Waals surface area contributed by atoms with Crippen LogP contribution >= 0.6 is 0 Å². The van der Waals surface area contributed by atoms with Crippen LogP contribution in [0.1, 0.15) is 18.4 Å². The van der Waals surface area contributed by atoms with E-state index in [-0.39, 0.29) is 11.8 Å². The zero-order chi connectivity index (χ0) is 11.7. The first-order valence-electron chi connectivity index (χ1n) is 5.24. The Labute approximate surface area is 91.9 Å². The van der Waals surface area contributed by atoms with Gasteiger partial charge in [0.25, 0.3) is 0 Å². The maximum Gasteiger partial charge on any atom is 0.306 e. The first kappa shape index (κ1) is 11.0. The van der Waals surface area contributed by atoms with Crippen LogP contribution in [0.5, 0.6) is 0 Å². The van der Waals surface area contributed by atoms with Crippen molar-refractivity contribution in [1.82, 2.24) is 0 Å². The Bertz CT molecular complexity index is 417. The SMILES string of the molecule is O=C(O)C1CC1CCc1ccc(F)c(F)c1. The summed E-state index contributed by atoms with van der Waals surface area (Å²) in [5.74, 6) is -2.48. The zero-order valence-electron chi connectivity index (χ0n) is 8.62. The van der Waals surface area contributed by atoms with Crippen LogP contribution in [0.25, 0.3) is 0 Å². The van der Waals surface area contributed by atoms with E-state index in [1.165, 1.54) is 12.1 Å².